The van der Waals surface area contributed by atoms with Crippen LogP contribution in [0.15, 0.2) is 24.3 Å². The fraction of sp³-hybridized carbons (Fsp3) is 0.647. The fourth-order valence-corrected chi connectivity index (χ4v) is 3.31. The quantitative estimate of drug-likeness (QED) is 0.916. The summed E-state index contributed by atoms with van der Waals surface area (Å²) in [7, 11) is 1.68. The second-order valence-electron chi connectivity index (χ2n) is 6.90. The van der Waals surface area contributed by atoms with Crippen LogP contribution in [0.1, 0.15) is 51.3 Å². The monoisotopic (exact) mass is 278 g/mol. The molecule has 2 unspecified atom stereocenters. The van der Waals surface area contributed by atoms with Crippen molar-refractivity contribution in [3.63, 3.8) is 0 Å². The molecule has 1 aliphatic rings. The van der Waals surface area contributed by atoms with E-state index in [0.29, 0.717) is 6.61 Å². The van der Waals surface area contributed by atoms with Crippen LogP contribution < -0.4 is 0 Å². The third-order valence-electron chi connectivity index (χ3n) is 4.16. The second-order valence-corrected chi connectivity index (χ2v) is 6.90. The van der Waals surface area contributed by atoms with Crippen molar-refractivity contribution in [2.45, 2.75) is 58.0 Å². The summed E-state index contributed by atoms with van der Waals surface area (Å²) in [4.78, 5) is 0. The highest BCUT2D eigenvalue weighted by atomic mass is 16.5. The minimum absolute atomic E-state index is 0.103. The molecular formula is C17H26O3. The van der Waals surface area contributed by atoms with Gasteiger partial charge in [0.15, 0.2) is 0 Å². The Kier molecular flexibility index (Phi) is 4.24. The normalized spacial score (nSPS) is 25.6. The van der Waals surface area contributed by atoms with Crippen LogP contribution in [0.5, 0.6) is 0 Å². The highest BCUT2D eigenvalue weighted by Gasteiger charge is 2.49. The maximum atomic E-state index is 10.7. The van der Waals surface area contributed by atoms with Gasteiger partial charge in [-0.25, -0.2) is 0 Å². The molecule has 0 radical (unpaired) electrons. The molecule has 20 heavy (non-hydrogen) atoms. The van der Waals surface area contributed by atoms with E-state index < -0.39 is 6.10 Å². The van der Waals surface area contributed by atoms with E-state index in [1.807, 2.05) is 24.3 Å². The zero-order chi connectivity index (χ0) is 15.0. The van der Waals surface area contributed by atoms with Crippen LogP contribution in [0.4, 0.5) is 0 Å². The summed E-state index contributed by atoms with van der Waals surface area (Å²) >= 11 is 0. The number of ether oxygens (including phenoxy) is 2. The first kappa shape index (κ1) is 15.5. The molecule has 1 aromatic carbocycles. The van der Waals surface area contributed by atoms with Crippen molar-refractivity contribution < 1.29 is 14.6 Å². The first-order valence-electron chi connectivity index (χ1n) is 7.21. The molecule has 1 saturated heterocycles. The molecule has 0 amide bonds. The maximum absolute atomic E-state index is 10.7. The van der Waals surface area contributed by atoms with Gasteiger partial charge in [0.05, 0.1) is 23.9 Å². The predicted molar refractivity (Wildman–Crippen MR) is 79.5 cm³/mol. The molecule has 1 fully saturated rings. The average molecular weight is 278 g/mol. The Bertz CT molecular complexity index is 448. The lowest BCUT2D eigenvalue weighted by Crippen LogP contribution is -2.32. The molecule has 0 aromatic heterocycles. The van der Waals surface area contributed by atoms with Crippen molar-refractivity contribution in [1.82, 2.24) is 0 Å². The average Bonchev–Trinajstić information content (AvgIpc) is 2.58. The molecule has 1 aromatic rings. The van der Waals surface area contributed by atoms with Gasteiger partial charge in [0, 0.05) is 13.0 Å². The largest absolute Gasteiger partial charge is 0.388 e. The van der Waals surface area contributed by atoms with Crippen LogP contribution in [0.3, 0.4) is 0 Å². The van der Waals surface area contributed by atoms with Crippen molar-refractivity contribution in [3.05, 3.63) is 35.4 Å². The highest BCUT2D eigenvalue weighted by Crippen LogP contribution is 2.47. The number of aliphatic hydroxyl groups excluding tert-OH is 1. The summed E-state index contributed by atoms with van der Waals surface area (Å²) in [6.07, 6.45) is 0.365. The predicted octanol–water partition coefficient (Wildman–Crippen LogP) is 3.46. The molecule has 0 bridgehead atoms. The van der Waals surface area contributed by atoms with Crippen LogP contribution in [0, 0.1) is 5.92 Å². The minimum atomic E-state index is -0.497. The highest BCUT2D eigenvalue weighted by molar-refractivity contribution is 5.25. The smallest absolute Gasteiger partial charge is 0.0846 e. The van der Waals surface area contributed by atoms with Crippen molar-refractivity contribution in [1.29, 1.82) is 0 Å². The molecule has 3 heteroatoms. The lowest BCUT2D eigenvalue weighted by molar-refractivity contribution is -0.0880. The van der Waals surface area contributed by atoms with Crippen LogP contribution in [-0.2, 0) is 16.1 Å². The van der Waals surface area contributed by atoms with Crippen molar-refractivity contribution in [2.75, 3.05) is 7.11 Å². The molecule has 1 heterocycles. The molecule has 112 valence electrons. The number of hydrogen-bond acceptors (Lipinski definition) is 3. The lowest BCUT2D eigenvalue weighted by Gasteiger charge is -2.30. The van der Waals surface area contributed by atoms with Crippen LogP contribution in [0.25, 0.3) is 0 Å². The van der Waals surface area contributed by atoms with Gasteiger partial charge in [-0.15, -0.1) is 0 Å². The minimum Gasteiger partial charge on any atom is -0.388 e. The Hall–Kier alpha value is -0.900. The Morgan fingerprint density at radius 2 is 1.85 bits per heavy atom. The van der Waals surface area contributed by atoms with Gasteiger partial charge in [0.25, 0.3) is 0 Å². The van der Waals surface area contributed by atoms with Gasteiger partial charge in [0.1, 0.15) is 0 Å². The Balaban J connectivity index is 2.16. The zero-order valence-corrected chi connectivity index (χ0v) is 13.1. The standard InChI is InChI=1S/C17H26O3/c1-16(2)10-14(17(3,4)20-16)15(18)13-8-6-12(7-9-13)11-19-5/h6-9,14-15,18H,10-11H2,1-5H3. The summed E-state index contributed by atoms with van der Waals surface area (Å²) in [5.41, 5.74) is 1.58. The first-order chi connectivity index (χ1) is 9.25. The van der Waals surface area contributed by atoms with Gasteiger partial charge in [-0.2, -0.15) is 0 Å². The molecular weight excluding hydrogens is 252 g/mol. The van der Waals surface area contributed by atoms with E-state index in [1.54, 1.807) is 7.11 Å². The molecule has 2 rings (SSSR count). The van der Waals surface area contributed by atoms with E-state index >= 15 is 0 Å². The van der Waals surface area contributed by atoms with Gasteiger partial charge >= 0.3 is 0 Å². The lowest BCUT2D eigenvalue weighted by atomic mass is 9.80. The molecule has 0 saturated carbocycles. The Labute approximate surface area is 121 Å². The number of aliphatic hydroxyl groups is 1. The molecule has 2 atom stereocenters. The van der Waals surface area contributed by atoms with Crippen LogP contribution >= 0.6 is 0 Å². The van der Waals surface area contributed by atoms with E-state index in [1.165, 1.54) is 0 Å². The van der Waals surface area contributed by atoms with Gasteiger partial charge in [-0.1, -0.05) is 24.3 Å². The van der Waals surface area contributed by atoms with E-state index in [9.17, 15) is 5.11 Å². The third-order valence-corrected chi connectivity index (χ3v) is 4.16. The molecule has 0 aliphatic carbocycles. The van der Waals surface area contributed by atoms with E-state index in [4.69, 9.17) is 9.47 Å². The van der Waals surface area contributed by atoms with Gasteiger partial charge in [0.2, 0.25) is 0 Å². The first-order valence-corrected chi connectivity index (χ1v) is 7.21. The topological polar surface area (TPSA) is 38.7 Å². The van der Waals surface area contributed by atoms with E-state index in [0.717, 1.165) is 17.5 Å². The summed E-state index contributed by atoms with van der Waals surface area (Å²) in [6.45, 7) is 8.90. The number of rotatable bonds is 4. The Morgan fingerprint density at radius 3 is 2.30 bits per heavy atom. The number of methoxy groups -OCH3 is 1. The summed E-state index contributed by atoms with van der Waals surface area (Å²) in [5, 5.41) is 10.7. The van der Waals surface area contributed by atoms with E-state index in [-0.39, 0.29) is 17.1 Å². The number of hydrogen-bond donors (Lipinski definition) is 1. The zero-order valence-electron chi connectivity index (χ0n) is 13.1. The van der Waals surface area contributed by atoms with Gasteiger partial charge < -0.3 is 14.6 Å². The Morgan fingerprint density at radius 1 is 1.25 bits per heavy atom. The summed E-state index contributed by atoms with van der Waals surface area (Å²) in [6, 6.07) is 7.99. The number of benzene rings is 1. The SMILES string of the molecule is COCc1ccc(C(O)C2CC(C)(C)OC2(C)C)cc1. The molecule has 0 spiro atoms. The van der Waals surface area contributed by atoms with Crippen molar-refractivity contribution >= 4 is 0 Å². The van der Waals surface area contributed by atoms with Gasteiger partial charge in [-0.3, -0.25) is 0 Å². The second kappa shape index (κ2) is 5.47. The third kappa shape index (κ3) is 3.22. The summed E-state index contributed by atoms with van der Waals surface area (Å²) < 4.78 is 11.2. The van der Waals surface area contributed by atoms with Crippen molar-refractivity contribution in [2.24, 2.45) is 5.92 Å². The maximum Gasteiger partial charge on any atom is 0.0846 e. The van der Waals surface area contributed by atoms with Crippen LogP contribution in [-0.4, -0.2) is 23.4 Å². The molecule has 3 nitrogen and oxygen atoms in total. The van der Waals surface area contributed by atoms with Crippen LogP contribution in [0.2, 0.25) is 0 Å². The van der Waals surface area contributed by atoms with E-state index in [2.05, 4.69) is 27.7 Å². The fourth-order valence-electron chi connectivity index (χ4n) is 3.31. The van der Waals surface area contributed by atoms with Crippen molar-refractivity contribution in [3.8, 4) is 0 Å². The van der Waals surface area contributed by atoms with Gasteiger partial charge in [-0.05, 0) is 45.2 Å². The molecule has 1 aliphatic heterocycles. The summed E-state index contributed by atoms with van der Waals surface area (Å²) in [5.74, 6) is 0.103. The molecule has 1 N–H and O–H groups in total.